The minimum Gasteiger partial charge on any atom is -0.471 e. The molecule has 9 heteroatoms. The molecule has 0 aliphatic carbocycles. The van der Waals surface area contributed by atoms with Gasteiger partial charge in [0, 0.05) is 24.4 Å². The maximum absolute atomic E-state index is 10.9. The quantitative estimate of drug-likeness (QED) is 0.245. The van der Waals surface area contributed by atoms with Crippen molar-refractivity contribution in [1.82, 2.24) is 9.88 Å². The summed E-state index contributed by atoms with van der Waals surface area (Å²) in [7, 11) is 3.71. The molecule has 104 valence electrons. The molecule has 1 aromatic heterocycles. The summed E-state index contributed by atoms with van der Waals surface area (Å²) in [6.45, 7) is 0.866. The lowest BCUT2D eigenvalue weighted by Gasteiger charge is -2.10. The van der Waals surface area contributed by atoms with Crippen molar-refractivity contribution in [1.29, 1.82) is 0 Å². The number of nitro groups is 1. The average Bonchev–Trinajstić information content (AvgIpc) is 2.37. The summed E-state index contributed by atoms with van der Waals surface area (Å²) in [5, 5.41) is 22.2. The molecule has 1 heterocycles. The van der Waals surface area contributed by atoms with Crippen molar-refractivity contribution >= 4 is 11.5 Å². The Hall–Kier alpha value is -2.42. The number of amidine groups is 1. The highest BCUT2D eigenvalue weighted by Gasteiger charge is 2.19. The maximum Gasteiger partial charge on any atom is 0.331 e. The van der Waals surface area contributed by atoms with Crippen LogP contribution in [0.1, 0.15) is 5.56 Å². The molecule has 1 rings (SSSR count). The first-order valence-electron chi connectivity index (χ1n) is 5.35. The van der Waals surface area contributed by atoms with Gasteiger partial charge in [-0.25, -0.2) is 4.98 Å². The first-order chi connectivity index (χ1) is 8.95. The van der Waals surface area contributed by atoms with Crippen LogP contribution in [0.5, 0.6) is 5.88 Å². The molecule has 0 bridgehead atoms. The van der Waals surface area contributed by atoms with E-state index in [2.05, 4.69) is 10.1 Å². The minimum atomic E-state index is -0.633. The maximum atomic E-state index is 10.9. The number of rotatable bonds is 6. The molecule has 0 radical (unpaired) electrons. The van der Waals surface area contributed by atoms with Crippen molar-refractivity contribution in [2.24, 2.45) is 10.9 Å². The van der Waals surface area contributed by atoms with Crippen LogP contribution in [-0.2, 0) is 0 Å². The molecule has 0 fully saturated rings. The van der Waals surface area contributed by atoms with Gasteiger partial charge in [-0.1, -0.05) is 5.16 Å². The van der Waals surface area contributed by atoms with Crippen molar-refractivity contribution in [2.75, 3.05) is 27.2 Å². The van der Waals surface area contributed by atoms with E-state index >= 15 is 0 Å². The van der Waals surface area contributed by atoms with Crippen molar-refractivity contribution in [3.63, 3.8) is 0 Å². The molecule has 0 atom stereocenters. The van der Waals surface area contributed by atoms with E-state index in [1.807, 2.05) is 19.0 Å². The Morgan fingerprint density at radius 1 is 1.68 bits per heavy atom. The Morgan fingerprint density at radius 2 is 2.37 bits per heavy atom. The fourth-order valence-electron chi connectivity index (χ4n) is 1.21. The van der Waals surface area contributed by atoms with Crippen LogP contribution in [0.25, 0.3) is 0 Å². The molecule has 0 spiro atoms. The molecule has 0 saturated heterocycles. The van der Waals surface area contributed by atoms with Gasteiger partial charge in [-0.15, -0.1) is 0 Å². The summed E-state index contributed by atoms with van der Waals surface area (Å²) in [6, 6.07) is 1.15. The van der Waals surface area contributed by atoms with E-state index in [1.165, 1.54) is 6.20 Å². The van der Waals surface area contributed by atoms with E-state index in [-0.39, 0.29) is 29.6 Å². The summed E-state index contributed by atoms with van der Waals surface area (Å²) in [4.78, 5) is 16.0. The highest BCUT2D eigenvalue weighted by molar-refractivity contribution is 5.97. The first-order valence-corrected chi connectivity index (χ1v) is 5.35. The van der Waals surface area contributed by atoms with Crippen molar-refractivity contribution < 1.29 is 14.9 Å². The second-order valence-electron chi connectivity index (χ2n) is 3.94. The molecule has 0 amide bonds. The summed E-state index contributed by atoms with van der Waals surface area (Å²) in [6.07, 6.45) is 1.24. The van der Waals surface area contributed by atoms with Crippen LogP contribution in [0.2, 0.25) is 0 Å². The van der Waals surface area contributed by atoms with Gasteiger partial charge in [0.1, 0.15) is 6.61 Å². The molecule has 1 aromatic rings. The van der Waals surface area contributed by atoms with E-state index < -0.39 is 4.92 Å². The van der Waals surface area contributed by atoms with Gasteiger partial charge in [0.25, 0.3) is 5.88 Å². The molecule has 3 N–H and O–H groups in total. The zero-order chi connectivity index (χ0) is 14.4. The number of likely N-dealkylation sites (N-methyl/N-ethyl adjacent to an activating group) is 1. The second kappa shape index (κ2) is 6.50. The Morgan fingerprint density at radius 3 is 2.89 bits per heavy atom. The predicted molar refractivity (Wildman–Crippen MR) is 67.5 cm³/mol. The van der Waals surface area contributed by atoms with Gasteiger partial charge >= 0.3 is 5.69 Å². The summed E-state index contributed by atoms with van der Waals surface area (Å²) < 4.78 is 5.24. The molecule has 0 saturated carbocycles. The Bertz CT molecular complexity index is 489. The zero-order valence-corrected chi connectivity index (χ0v) is 10.6. The van der Waals surface area contributed by atoms with Crippen molar-refractivity contribution in [2.45, 2.75) is 0 Å². The Labute approximate surface area is 109 Å². The number of pyridine rings is 1. The Kier molecular flexibility index (Phi) is 5.01. The highest BCUT2D eigenvalue weighted by atomic mass is 16.6. The van der Waals surface area contributed by atoms with Crippen molar-refractivity contribution in [3.8, 4) is 5.88 Å². The molecule has 19 heavy (non-hydrogen) atoms. The van der Waals surface area contributed by atoms with Gasteiger partial charge in [0.15, 0.2) is 5.84 Å². The fourth-order valence-corrected chi connectivity index (χ4v) is 1.21. The van der Waals surface area contributed by atoms with Gasteiger partial charge in [0.05, 0.1) is 4.92 Å². The van der Waals surface area contributed by atoms with Crippen LogP contribution < -0.4 is 10.5 Å². The van der Waals surface area contributed by atoms with E-state index in [1.54, 1.807) is 0 Å². The van der Waals surface area contributed by atoms with Gasteiger partial charge in [-0.2, -0.15) is 0 Å². The van der Waals surface area contributed by atoms with E-state index in [9.17, 15) is 10.1 Å². The fraction of sp³-hybridized carbons (Fsp3) is 0.400. The third kappa shape index (κ3) is 4.07. The van der Waals surface area contributed by atoms with E-state index in [0.29, 0.717) is 6.54 Å². The largest absolute Gasteiger partial charge is 0.471 e. The van der Waals surface area contributed by atoms with Gasteiger partial charge in [-0.3, -0.25) is 10.1 Å². The molecular formula is C10H15N5O4. The number of hydrogen-bond acceptors (Lipinski definition) is 7. The highest BCUT2D eigenvalue weighted by Crippen LogP contribution is 2.24. The van der Waals surface area contributed by atoms with Gasteiger partial charge in [-0.05, 0) is 14.1 Å². The average molecular weight is 269 g/mol. The third-order valence-electron chi connectivity index (χ3n) is 2.21. The monoisotopic (exact) mass is 269 g/mol. The number of aromatic nitrogens is 1. The van der Waals surface area contributed by atoms with Crippen LogP contribution in [0.15, 0.2) is 17.4 Å². The number of nitrogens with zero attached hydrogens (tertiary/aromatic N) is 4. The minimum absolute atomic E-state index is 0.0960. The molecule has 0 aliphatic heterocycles. The number of ether oxygens (including phenoxy) is 1. The normalized spacial score (nSPS) is 11.6. The molecule has 9 nitrogen and oxygen atoms in total. The van der Waals surface area contributed by atoms with Crippen LogP contribution >= 0.6 is 0 Å². The Balaban J connectivity index is 2.95. The summed E-state index contributed by atoms with van der Waals surface area (Å²) >= 11 is 0. The van der Waals surface area contributed by atoms with Crippen LogP contribution in [0.3, 0.4) is 0 Å². The lowest BCUT2D eigenvalue weighted by molar-refractivity contribution is -0.386. The molecular weight excluding hydrogens is 254 g/mol. The zero-order valence-electron chi connectivity index (χ0n) is 10.6. The third-order valence-corrected chi connectivity index (χ3v) is 2.21. The molecule has 0 unspecified atom stereocenters. The summed E-state index contributed by atoms with van der Waals surface area (Å²) in [5.74, 6) is -0.350. The lowest BCUT2D eigenvalue weighted by atomic mass is 10.2. The van der Waals surface area contributed by atoms with E-state index in [0.717, 1.165) is 6.07 Å². The van der Waals surface area contributed by atoms with Crippen molar-refractivity contribution in [3.05, 3.63) is 27.9 Å². The lowest BCUT2D eigenvalue weighted by Crippen LogP contribution is -2.20. The smallest absolute Gasteiger partial charge is 0.331 e. The first kappa shape index (κ1) is 14.6. The number of hydrogen-bond donors (Lipinski definition) is 2. The summed E-state index contributed by atoms with van der Waals surface area (Å²) in [5.41, 5.74) is 5.16. The van der Waals surface area contributed by atoms with Gasteiger partial charge < -0.3 is 20.6 Å². The predicted octanol–water partition coefficient (Wildman–Crippen LogP) is 0.0247. The molecule has 0 aliphatic rings. The standard InChI is InChI=1S/C10H15N5O4/c1-14(2)3-4-19-10-8(15(17)18)5-7(6-12-10)9(11)13-16/h5-6,16H,3-4H2,1-2H3,(H2,11,13). The second-order valence-corrected chi connectivity index (χ2v) is 3.94. The van der Waals surface area contributed by atoms with Gasteiger partial charge in [0.2, 0.25) is 0 Å². The van der Waals surface area contributed by atoms with Crippen LogP contribution in [-0.4, -0.2) is 53.1 Å². The number of nitrogens with two attached hydrogens (primary N) is 1. The SMILES string of the molecule is CN(C)CCOc1ncc(C(N)=NO)cc1[N+](=O)[O-]. The van der Waals surface area contributed by atoms with Crippen LogP contribution in [0, 0.1) is 10.1 Å². The van der Waals surface area contributed by atoms with Crippen LogP contribution in [0.4, 0.5) is 5.69 Å². The topological polar surface area (TPSA) is 127 Å². The molecule has 0 aromatic carbocycles. The number of oxime groups is 1. The van der Waals surface area contributed by atoms with E-state index in [4.69, 9.17) is 15.7 Å².